The molecule has 0 aromatic heterocycles. The number of halogens is 1. The van der Waals surface area contributed by atoms with Gasteiger partial charge in [0.2, 0.25) is 5.91 Å². The Hall–Kier alpha value is -1.65. The molecule has 0 aliphatic carbocycles. The van der Waals surface area contributed by atoms with Gasteiger partial charge in [-0.2, -0.15) is 0 Å². The fraction of sp³-hybridized carbons (Fsp3) is 0.278. The Morgan fingerprint density at radius 3 is 2.87 bits per heavy atom. The van der Waals surface area contributed by atoms with Crippen molar-refractivity contribution in [3.05, 3.63) is 53.1 Å². The molecule has 0 saturated carbocycles. The number of thioether (sulfide) groups is 1. The zero-order valence-electron chi connectivity index (χ0n) is 12.9. The van der Waals surface area contributed by atoms with Crippen LogP contribution in [0.15, 0.2) is 47.4 Å². The molecule has 2 aromatic carbocycles. The topological polar surface area (TPSA) is 29.5 Å². The number of nitrogens with zero attached hydrogens (tertiary/aromatic N) is 1. The number of benzene rings is 2. The lowest BCUT2D eigenvalue weighted by Gasteiger charge is -2.31. The van der Waals surface area contributed by atoms with E-state index < -0.39 is 0 Å². The fourth-order valence-corrected chi connectivity index (χ4v) is 3.92. The zero-order valence-corrected chi connectivity index (χ0v) is 14.5. The second kappa shape index (κ2) is 7.28. The number of amides is 1. The van der Waals surface area contributed by atoms with Gasteiger partial charge in [0.25, 0.3) is 0 Å². The molecule has 0 unspecified atom stereocenters. The number of methoxy groups -OCH3 is 1. The first-order chi connectivity index (χ1) is 11.2. The predicted molar refractivity (Wildman–Crippen MR) is 95.8 cm³/mol. The summed E-state index contributed by atoms with van der Waals surface area (Å²) in [6.45, 7) is 0.731. The van der Waals surface area contributed by atoms with E-state index in [9.17, 15) is 4.79 Å². The molecule has 0 saturated heterocycles. The van der Waals surface area contributed by atoms with Crippen LogP contribution < -0.4 is 9.64 Å². The molecule has 0 bridgehead atoms. The Labute approximate surface area is 145 Å². The monoisotopic (exact) mass is 347 g/mol. The molecule has 2 aromatic rings. The lowest BCUT2D eigenvalue weighted by molar-refractivity contribution is -0.116. The zero-order chi connectivity index (χ0) is 16.2. The summed E-state index contributed by atoms with van der Waals surface area (Å²) in [5.74, 6) is 1.21. The minimum Gasteiger partial charge on any atom is -0.495 e. The van der Waals surface area contributed by atoms with Crippen molar-refractivity contribution < 1.29 is 9.53 Å². The Bertz CT molecular complexity index is 706. The number of hydrogen-bond acceptors (Lipinski definition) is 3. The molecular formula is C18H18ClNO2S. The summed E-state index contributed by atoms with van der Waals surface area (Å²) in [7, 11) is 1.64. The Morgan fingerprint density at radius 2 is 2.09 bits per heavy atom. The molecule has 0 atom stereocenters. The molecule has 3 nitrogen and oxygen atoms in total. The number of carbonyl (C=O) groups excluding carboxylic acids is 1. The van der Waals surface area contributed by atoms with Crippen LogP contribution in [0.2, 0.25) is 5.02 Å². The highest BCUT2D eigenvalue weighted by atomic mass is 35.5. The van der Waals surface area contributed by atoms with Gasteiger partial charge >= 0.3 is 0 Å². The van der Waals surface area contributed by atoms with Crippen molar-refractivity contribution in [3.63, 3.8) is 0 Å². The summed E-state index contributed by atoms with van der Waals surface area (Å²) >= 11 is 7.63. The lowest BCUT2D eigenvalue weighted by atomic mass is 10.0. The first-order valence-electron chi connectivity index (χ1n) is 7.54. The summed E-state index contributed by atoms with van der Waals surface area (Å²) < 4.78 is 5.45. The molecule has 0 fully saturated rings. The molecule has 0 N–H and O–H groups in total. The molecule has 5 heteroatoms. The van der Waals surface area contributed by atoms with Crippen molar-refractivity contribution in [1.29, 1.82) is 0 Å². The molecule has 120 valence electrons. The highest BCUT2D eigenvalue weighted by Crippen LogP contribution is 2.37. The maximum atomic E-state index is 12.7. The van der Waals surface area contributed by atoms with Crippen LogP contribution in [0.1, 0.15) is 12.0 Å². The van der Waals surface area contributed by atoms with Crippen molar-refractivity contribution in [2.75, 3.05) is 24.3 Å². The average Bonchev–Trinajstić information content (AvgIpc) is 2.59. The van der Waals surface area contributed by atoms with Gasteiger partial charge in [-0.15, -0.1) is 11.8 Å². The van der Waals surface area contributed by atoms with Gasteiger partial charge in [0, 0.05) is 11.4 Å². The summed E-state index contributed by atoms with van der Waals surface area (Å²) in [4.78, 5) is 15.5. The Morgan fingerprint density at radius 1 is 1.26 bits per heavy atom. The molecule has 0 radical (unpaired) electrons. The normalized spacial score (nSPS) is 13.6. The van der Waals surface area contributed by atoms with Crippen molar-refractivity contribution in [1.82, 2.24) is 0 Å². The van der Waals surface area contributed by atoms with E-state index in [1.165, 1.54) is 17.3 Å². The van der Waals surface area contributed by atoms with Crippen LogP contribution in [0.5, 0.6) is 5.75 Å². The maximum Gasteiger partial charge on any atom is 0.237 e. The molecule has 1 aliphatic rings. The smallest absolute Gasteiger partial charge is 0.237 e. The van der Waals surface area contributed by atoms with Crippen LogP contribution in [0.3, 0.4) is 0 Å². The fourth-order valence-electron chi connectivity index (χ4n) is 2.81. The van der Waals surface area contributed by atoms with Crippen molar-refractivity contribution >= 4 is 35.0 Å². The van der Waals surface area contributed by atoms with Crippen molar-refractivity contribution in [3.8, 4) is 5.75 Å². The average molecular weight is 348 g/mol. The van der Waals surface area contributed by atoms with Crippen LogP contribution in [-0.4, -0.2) is 25.3 Å². The number of para-hydroxylation sites is 1. The van der Waals surface area contributed by atoms with Gasteiger partial charge in [0.15, 0.2) is 0 Å². The van der Waals surface area contributed by atoms with Gasteiger partial charge in [-0.05, 0) is 36.6 Å². The van der Waals surface area contributed by atoms with E-state index in [1.807, 2.05) is 41.3 Å². The SMILES string of the molecule is COc1cccc2c1N(C(=O)CSc1ccccc1Cl)CCC2. The number of rotatable bonds is 4. The third-order valence-electron chi connectivity index (χ3n) is 3.89. The minimum atomic E-state index is 0.0837. The molecule has 23 heavy (non-hydrogen) atoms. The van der Waals surface area contributed by atoms with Crippen molar-refractivity contribution in [2.24, 2.45) is 0 Å². The minimum absolute atomic E-state index is 0.0837. The Kier molecular flexibility index (Phi) is 5.13. The number of carbonyl (C=O) groups is 1. The van der Waals surface area contributed by atoms with E-state index >= 15 is 0 Å². The molecule has 3 rings (SSSR count). The van der Waals surface area contributed by atoms with E-state index in [1.54, 1.807) is 7.11 Å². The predicted octanol–water partition coefficient (Wildman–Crippen LogP) is 4.42. The van der Waals surface area contributed by atoms with Gasteiger partial charge < -0.3 is 9.64 Å². The summed E-state index contributed by atoms with van der Waals surface area (Å²) in [5, 5.41) is 0.682. The molecule has 1 heterocycles. The molecular weight excluding hydrogens is 330 g/mol. The second-order valence-electron chi connectivity index (χ2n) is 5.34. The van der Waals surface area contributed by atoms with E-state index in [0.717, 1.165) is 35.7 Å². The van der Waals surface area contributed by atoms with Gasteiger partial charge in [0.05, 0.1) is 23.6 Å². The van der Waals surface area contributed by atoms with Crippen LogP contribution in [-0.2, 0) is 11.2 Å². The number of anilines is 1. The van der Waals surface area contributed by atoms with Crippen LogP contribution >= 0.6 is 23.4 Å². The first-order valence-corrected chi connectivity index (χ1v) is 8.90. The second-order valence-corrected chi connectivity index (χ2v) is 6.76. The quantitative estimate of drug-likeness (QED) is 0.767. The third kappa shape index (κ3) is 3.48. The standard InChI is InChI=1S/C18H18ClNO2S/c1-22-15-9-4-6-13-7-5-11-20(18(13)15)17(21)12-23-16-10-3-2-8-14(16)19/h2-4,6,8-10H,5,7,11-12H2,1H3. The maximum absolute atomic E-state index is 12.7. The van der Waals surface area contributed by atoms with E-state index in [-0.39, 0.29) is 5.91 Å². The van der Waals surface area contributed by atoms with E-state index in [4.69, 9.17) is 16.3 Å². The summed E-state index contributed by atoms with van der Waals surface area (Å²) in [5.41, 5.74) is 2.10. The van der Waals surface area contributed by atoms with Gasteiger partial charge in [-0.25, -0.2) is 0 Å². The van der Waals surface area contributed by atoms with Crippen LogP contribution in [0.25, 0.3) is 0 Å². The van der Waals surface area contributed by atoms with Crippen LogP contribution in [0, 0.1) is 0 Å². The van der Waals surface area contributed by atoms with Crippen LogP contribution in [0.4, 0.5) is 5.69 Å². The molecule has 1 amide bonds. The largest absolute Gasteiger partial charge is 0.495 e. The van der Waals surface area contributed by atoms with E-state index in [0.29, 0.717) is 10.8 Å². The summed E-state index contributed by atoms with van der Waals surface area (Å²) in [6, 6.07) is 13.5. The third-order valence-corrected chi connectivity index (χ3v) is 5.39. The highest BCUT2D eigenvalue weighted by Gasteiger charge is 2.25. The number of aryl methyl sites for hydroxylation is 1. The Balaban J connectivity index is 1.78. The number of hydrogen-bond donors (Lipinski definition) is 0. The lowest BCUT2D eigenvalue weighted by Crippen LogP contribution is -2.37. The van der Waals surface area contributed by atoms with E-state index in [2.05, 4.69) is 6.07 Å². The summed E-state index contributed by atoms with van der Waals surface area (Å²) in [6.07, 6.45) is 1.95. The van der Waals surface area contributed by atoms with Gasteiger partial charge in [0.1, 0.15) is 5.75 Å². The van der Waals surface area contributed by atoms with Gasteiger partial charge in [-0.3, -0.25) is 4.79 Å². The number of fused-ring (bicyclic) bond motifs is 1. The first kappa shape index (κ1) is 16.2. The molecule has 0 spiro atoms. The van der Waals surface area contributed by atoms with Crippen molar-refractivity contribution in [2.45, 2.75) is 17.7 Å². The highest BCUT2D eigenvalue weighted by molar-refractivity contribution is 8.00. The number of ether oxygens (including phenoxy) is 1. The molecule has 1 aliphatic heterocycles. The van der Waals surface area contributed by atoms with Gasteiger partial charge in [-0.1, -0.05) is 35.9 Å².